The molecule has 5 aromatic rings. The summed E-state index contributed by atoms with van der Waals surface area (Å²) < 4.78 is 5.89. The van der Waals surface area contributed by atoms with Gasteiger partial charge in [-0.15, -0.1) is 0 Å². The van der Waals surface area contributed by atoms with Gasteiger partial charge in [0.05, 0.1) is 27.1 Å². The van der Waals surface area contributed by atoms with Crippen LogP contribution in [0.3, 0.4) is 0 Å². The first-order chi connectivity index (χ1) is 26.7. The number of benzene rings is 3. The van der Waals surface area contributed by atoms with Crippen molar-refractivity contribution in [3.8, 4) is 11.5 Å². The van der Waals surface area contributed by atoms with Gasteiger partial charge in [0, 0.05) is 62.5 Å². The number of fused-ring (bicyclic) bond motifs is 2. The van der Waals surface area contributed by atoms with Crippen LogP contribution in [-0.2, 0) is 15.1 Å². The largest absolute Gasteiger partial charge is 0.457 e. The van der Waals surface area contributed by atoms with Gasteiger partial charge in [-0.3, -0.25) is 44.4 Å². The highest BCUT2D eigenvalue weighted by molar-refractivity contribution is 6.36. The third kappa shape index (κ3) is 6.12. The van der Waals surface area contributed by atoms with Gasteiger partial charge in [0.2, 0.25) is 5.91 Å². The third-order valence-corrected chi connectivity index (χ3v) is 11.5. The van der Waals surface area contributed by atoms with E-state index in [1.807, 2.05) is 30.3 Å². The summed E-state index contributed by atoms with van der Waals surface area (Å²) in [7, 11) is 0. The van der Waals surface area contributed by atoms with E-state index in [1.165, 1.54) is 6.33 Å². The molecule has 4 amide bonds. The van der Waals surface area contributed by atoms with Crippen LogP contribution in [0.25, 0.3) is 11.0 Å². The molecule has 9 rings (SSSR count). The number of aromatic amines is 1. The number of aromatic nitrogens is 3. The molecule has 1 unspecified atom stereocenters. The number of ketones is 1. The van der Waals surface area contributed by atoms with Crippen molar-refractivity contribution >= 4 is 57.9 Å². The van der Waals surface area contributed by atoms with Gasteiger partial charge in [0.1, 0.15) is 34.8 Å². The number of rotatable bonds is 9. The van der Waals surface area contributed by atoms with Crippen LogP contribution in [0.15, 0.2) is 79.3 Å². The number of imide groups is 2. The van der Waals surface area contributed by atoms with Crippen molar-refractivity contribution < 1.29 is 28.7 Å². The van der Waals surface area contributed by atoms with Crippen molar-refractivity contribution in [2.45, 2.75) is 43.3 Å². The normalized spacial score (nSPS) is 20.9. The Labute approximate surface area is 319 Å². The Hall–Kier alpha value is -5.96. The minimum absolute atomic E-state index is 0.0862. The topological polar surface area (TPSA) is 179 Å². The van der Waals surface area contributed by atoms with E-state index < -0.39 is 23.3 Å². The van der Waals surface area contributed by atoms with E-state index in [-0.39, 0.29) is 52.8 Å². The number of halogens is 1. The molecule has 4 N–H and O–H groups in total. The molecule has 14 nitrogen and oxygen atoms in total. The van der Waals surface area contributed by atoms with Crippen molar-refractivity contribution in [3.63, 3.8) is 0 Å². The molecule has 1 atom stereocenters. The number of hydrogen-bond acceptors (Lipinski definition) is 11. The van der Waals surface area contributed by atoms with Crippen molar-refractivity contribution in [1.82, 2.24) is 35.4 Å². The van der Waals surface area contributed by atoms with Crippen LogP contribution in [0.5, 0.6) is 11.5 Å². The lowest BCUT2D eigenvalue weighted by atomic mass is 9.77. The summed E-state index contributed by atoms with van der Waals surface area (Å²) in [6, 6.07) is 19.5. The number of nitrogens with one attached hydrogen (secondary N) is 4. The highest BCUT2D eigenvalue weighted by Crippen LogP contribution is 2.42. The Morgan fingerprint density at radius 2 is 1.65 bits per heavy atom. The standard InChI is InChI=1S/C40H35ClN8O6/c41-31-17-26(55-25-4-2-1-3-5-25)7-9-28(31)34(51)30-18-42-35-33(30)36(44-21-43-35)45-23-11-14-48(15-12-23)24-19-49(20-24)40(13-10-32(50)46-39(40)54)22-6-8-27-29(16-22)38(53)47-37(27)52/h1-9,16-18,21,23-24H,10-15,19-20H2,(H,46,50,54)(H,47,52,53)(H2,42,43,44,45). The smallest absolute Gasteiger partial charge is 0.258 e. The average molecular weight is 759 g/mol. The maximum absolute atomic E-state index is 13.9. The Morgan fingerprint density at radius 3 is 2.42 bits per heavy atom. The number of carbonyl (C=O) groups is 5. The van der Waals surface area contributed by atoms with Gasteiger partial charge in [-0.25, -0.2) is 9.97 Å². The molecule has 278 valence electrons. The van der Waals surface area contributed by atoms with Crippen LogP contribution in [0.4, 0.5) is 5.82 Å². The fraction of sp³-hybridized carbons (Fsp3) is 0.275. The lowest BCUT2D eigenvalue weighted by molar-refractivity contribution is -0.152. The Morgan fingerprint density at radius 1 is 0.873 bits per heavy atom. The highest BCUT2D eigenvalue weighted by Gasteiger charge is 2.54. The average Bonchev–Trinajstić information content (AvgIpc) is 3.73. The third-order valence-electron chi connectivity index (χ3n) is 11.2. The zero-order valence-electron chi connectivity index (χ0n) is 29.4. The van der Waals surface area contributed by atoms with E-state index >= 15 is 0 Å². The molecule has 0 radical (unpaired) electrons. The minimum Gasteiger partial charge on any atom is -0.457 e. The van der Waals surface area contributed by atoms with E-state index in [0.29, 0.717) is 58.1 Å². The maximum atomic E-state index is 13.9. The van der Waals surface area contributed by atoms with Gasteiger partial charge in [0.25, 0.3) is 17.7 Å². The molecule has 3 aromatic carbocycles. The first kappa shape index (κ1) is 34.8. The summed E-state index contributed by atoms with van der Waals surface area (Å²) >= 11 is 6.62. The number of likely N-dealkylation sites (tertiary alicyclic amines) is 2. The molecule has 3 saturated heterocycles. The van der Waals surface area contributed by atoms with E-state index in [9.17, 15) is 24.0 Å². The molecule has 4 aliphatic heterocycles. The summed E-state index contributed by atoms with van der Waals surface area (Å²) in [5.41, 5.74) is 1.25. The van der Waals surface area contributed by atoms with E-state index in [4.69, 9.17) is 16.3 Å². The number of para-hydroxylation sites is 1. The van der Waals surface area contributed by atoms with Crippen LogP contribution in [0.2, 0.25) is 5.02 Å². The van der Waals surface area contributed by atoms with Gasteiger partial charge in [0.15, 0.2) is 5.78 Å². The molecule has 15 heteroatoms. The fourth-order valence-corrected chi connectivity index (χ4v) is 8.51. The van der Waals surface area contributed by atoms with Crippen molar-refractivity contribution in [2.24, 2.45) is 0 Å². The van der Waals surface area contributed by atoms with Crippen LogP contribution in [-0.4, -0.2) is 92.4 Å². The minimum atomic E-state index is -1.13. The Bertz CT molecular complexity index is 2410. The summed E-state index contributed by atoms with van der Waals surface area (Å²) in [6.45, 7) is 2.81. The zero-order chi connectivity index (χ0) is 37.8. The first-order valence-electron chi connectivity index (χ1n) is 18.2. The number of hydrogen-bond donors (Lipinski definition) is 4. The van der Waals surface area contributed by atoms with E-state index in [1.54, 1.807) is 42.6 Å². The monoisotopic (exact) mass is 758 g/mol. The van der Waals surface area contributed by atoms with Gasteiger partial charge < -0.3 is 15.0 Å². The summed E-state index contributed by atoms with van der Waals surface area (Å²) in [4.78, 5) is 80.9. The molecule has 0 aliphatic carbocycles. The summed E-state index contributed by atoms with van der Waals surface area (Å²) in [5, 5.41) is 9.26. The van der Waals surface area contributed by atoms with Crippen LogP contribution in [0, 0.1) is 0 Å². The van der Waals surface area contributed by atoms with Crippen LogP contribution >= 0.6 is 11.6 Å². The highest BCUT2D eigenvalue weighted by atomic mass is 35.5. The molecular weight excluding hydrogens is 724 g/mol. The molecular formula is C40H35ClN8O6. The second kappa shape index (κ2) is 13.7. The number of amides is 4. The summed E-state index contributed by atoms with van der Waals surface area (Å²) in [5.74, 6) is -0.223. The number of piperidine rings is 2. The van der Waals surface area contributed by atoms with Gasteiger partial charge in [-0.05, 0) is 61.2 Å². The predicted molar refractivity (Wildman–Crippen MR) is 201 cm³/mol. The van der Waals surface area contributed by atoms with Gasteiger partial charge in [-0.2, -0.15) is 0 Å². The van der Waals surface area contributed by atoms with E-state index in [0.717, 1.165) is 25.9 Å². The maximum Gasteiger partial charge on any atom is 0.258 e. The number of nitrogens with zero attached hydrogens (tertiary/aromatic N) is 4. The number of ether oxygens (including phenoxy) is 1. The molecule has 6 heterocycles. The van der Waals surface area contributed by atoms with Crippen LogP contribution < -0.4 is 20.7 Å². The molecule has 3 fully saturated rings. The van der Waals surface area contributed by atoms with Gasteiger partial charge >= 0.3 is 0 Å². The second-order valence-electron chi connectivity index (χ2n) is 14.3. The Balaban J connectivity index is 0.866. The van der Waals surface area contributed by atoms with Crippen LogP contribution in [0.1, 0.15) is 67.9 Å². The Kier molecular flexibility index (Phi) is 8.67. The fourth-order valence-electron chi connectivity index (χ4n) is 8.25. The van der Waals surface area contributed by atoms with Crippen molar-refractivity contribution in [1.29, 1.82) is 0 Å². The molecule has 4 aliphatic rings. The lowest BCUT2D eigenvalue weighted by Crippen LogP contribution is -2.71. The van der Waals surface area contributed by atoms with Gasteiger partial charge in [-0.1, -0.05) is 35.9 Å². The molecule has 2 aromatic heterocycles. The molecule has 0 bridgehead atoms. The quantitative estimate of drug-likeness (QED) is 0.124. The molecule has 55 heavy (non-hydrogen) atoms. The van der Waals surface area contributed by atoms with Crippen molar-refractivity contribution in [3.05, 3.63) is 112 Å². The zero-order valence-corrected chi connectivity index (χ0v) is 30.2. The number of H-pyrrole nitrogens is 1. The summed E-state index contributed by atoms with van der Waals surface area (Å²) in [6.07, 6.45) is 5.18. The predicted octanol–water partition coefficient (Wildman–Crippen LogP) is 4.41. The number of anilines is 1. The SMILES string of the molecule is O=C1CCC(c2ccc3c(c2)C(=O)NC3=O)(N2CC(N3CCC(Nc4ncnc5[nH]cc(C(=O)c6ccc(Oc7ccccc7)cc6Cl)c45)CC3)C2)C(=O)N1. The second-order valence-corrected chi connectivity index (χ2v) is 14.7. The molecule has 0 saturated carbocycles. The lowest BCUT2D eigenvalue weighted by Gasteiger charge is -2.55. The first-order valence-corrected chi connectivity index (χ1v) is 18.5. The van der Waals surface area contributed by atoms with E-state index in [2.05, 4.69) is 40.7 Å². The van der Waals surface area contributed by atoms with Crippen molar-refractivity contribution in [2.75, 3.05) is 31.5 Å². The molecule has 0 spiro atoms. The number of carbonyl (C=O) groups excluding carboxylic acids is 5.